The van der Waals surface area contributed by atoms with Crippen molar-refractivity contribution in [3.63, 3.8) is 0 Å². The molecule has 4 N–H and O–H groups in total. The lowest BCUT2D eigenvalue weighted by Gasteiger charge is -2.20. The molecular weight excluding hydrogens is 320 g/mol. The molecule has 1 saturated heterocycles. The summed E-state index contributed by atoms with van der Waals surface area (Å²) in [6.07, 6.45) is 1.75. The number of anilines is 1. The highest BCUT2D eigenvalue weighted by Crippen LogP contribution is 2.18. The summed E-state index contributed by atoms with van der Waals surface area (Å²) in [5.74, 6) is -0.162. The summed E-state index contributed by atoms with van der Waals surface area (Å²) < 4.78 is 0. The Morgan fingerprint density at radius 1 is 1.24 bits per heavy atom. The average molecular weight is 348 g/mol. The molecule has 1 atom stereocenters. The van der Waals surface area contributed by atoms with Gasteiger partial charge in [0.25, 0.3) is 5.91 Å². The molecular formula is C18H28N4O3. The van der Waals surface area contributed by atoms with Crippen LogP contribution in [0.1, 0.15) is 35.7 Å². The van der Waals surface area contributed by atoms with Crippen molar-refractivity contribution in [3.05, 3.63) is 29.3 Å². The molecule has 1 aromatic rings. The Morgan fingerprint density at radius 3 is 2.64 bits per heavy atom. The predicted octanol–water partition coefficient (Wildman–Crippen LogP) is 1.32. The maximum absolute atomic E-state index is 12.1. The van der Waals surface area contributed by atoms with E-state index in [0.717, 1.165) is 13.1 Å². The first kappa shape index (κ1) is 19.2. The average Bonchev–Trinajstić information content (AvgIpc) is 3.08. The summed E-state index contributed by atoms with van der Waals surface area (Å²) in [5, 5.41) is 18.2. The van der Waals surface area contributed by atoms with Crippen LogP contribution in [0.4, 0.5) is 10.5 Å². The fraction of sp³-hybridized carbons (Fsp3) is 0.556. The van der Waals surface area contributed by atoms with Crippen molar-refractivity contribution in [2.45, 2.75) is 32.8 Å². The zero-order valence-corrected chi connectivity index (χ0v) is 15.0. The summed E-state index contributed by atoms with van der Waals surface area (Å²) in [5.41, 5.74) is 1.82. The molecule has 1 aliphatic rings. The minimum absolute atomic E-state index is 0.162. The molecule has 1 fully saturated rings. The van der Waals surface area contributed by atoms with Gasteiger partial charge >= 0.3 is 6.03 Å². The SMILES string of the molecule is CCNC(=O)c1cccc(NC(=O)NC[C@@H](O)CN2CCCC2)c1C. The second kappa shape index (κ2) is 9.39. The minimum atomic E-state index is -0.591. The molecule has 0 radical (unpaired) electrons. The van der Waals surface area contributed by atoms with Gasteiger partial charge in [-0.25, -0.2) is 4.79 Å². The van der Waals surface area contributed by atoms with Gasteiger partial charge in [0.05, 0.1) is 6.10 Å². The molecule has 1 aromatic carbocycles. The van der Waals surface area contributed by atoms with Crippen LogP contribution in [0.3, 0.4) is 0 Å². The van der Waals surface area contributed by atoms with E-state index in [4.69, 9.17) is 0 Å². The van der Waals surface area contributed by atoms with Gasteiger partial charge in [0.15, 0.2) is 0 Å². The van der Waals surface area contributed by atoms with Gasteiger partial charge in [0.2, 0.25) is 0 Å². The summed E-state index contributed by atoms with van der Waals surface area (Å²) in [6.45, 7) is 6.98. The van der Waals surface area contributed by atoms with Crippen molar-refractivity contribution in [1.29, 1.82) is 0 Å². The number of β-amino-alcohol motifs (C(OH)–C–C–N with tert-alkyl or cyclic N) is 1. The second-order valence-corrected chi connectivity index (χ2v) is 6.33. The number of urea groups is 1. The molecule has 0 aromatic heterocycles. The van der Waals surface area contributed by atoms with E-state index in [1.54, 1.807) is 25.1 Å². The summed E-state index contributed by atoms with van der Waals surface area (Å²) in [4.78, 5) is 26.3. The van der Waals surface area contributed by atoms with Crippen molar-refractivity contribution in [2.24, 2.45) is 0 Å². The quantitative estimate of drug-likeness (QED) is 0.598. The Hall–Kier alpha value is -2.12. The number of aliphatic hydroxyl groups is 1. The van der Waals surface area contributed by atoms with Gasteiger partial charge in [-0.15, -0.1) is 0 Å². The fourth-order valence-corrected chi connectivity index (χ4v) is 2.98. The van der Waals surface area contributed by atoms with Crippen LogP contribution in [0.25, 0.3) is 0 Å². The van der Waals surface area contributed by atoms with E-state index in [9.17, 15) is 14.7 Å². The molecule has 25 heavy (non-hydrogen) atoms. The lowest BCUT2D eigenvalue weighted by atomic mass is 10.1. The van der Waals surface area contributed by atoms with E-state index in [0.29, 0.717) is 29.9 Å². The van der Waals surface area contributed by atoms with Crippen LogP contribution in [0.5, 0.6) is 0 Å². The van der Waals surface area contributed by atoms with Crippen LogP contribution in [0, 0.1) is 6.92 Å². The Balaban J connectivity index is 1.85. The largest absolute Gasteiger partial charge is 0.390 e. The standard InChI is InChI=1S/C18H28N4O3/c1-3-19-17(24)15-7-6-8-16(13(15)2)21-18(25)20-11-14(23)12-22-9-4-5-10-22/h6-8,14,23H,3-5,9-12H2,1-2H3,(H,19,24)(H2,20,21,25)/t14-/m1/s1. The van der Waals surface area contributed by atoms with Gasteiger partial charge in [-0.2, -0.15) is 0 Å². The van der Waals surface area contributed by atoms with E-state index < -0.39 is 12.1 Å². The van der Waals surface area contributed by atoms with Gasteiger partial charge in [-0.3, -0.25) is 4.79 Å². The van der Waals surface area contributed by atoms with Gasteiger partial charge in [0.1, 0.15) is 0 Å². The number of hydrogen-bond donors (Lipinski definition) is 4. The van der Waals surface area contributed by atoms with Crippen LogP contribution in [-0.2, 0) is 0 Å². The Labute approximate surface area is 148 Å². The number of nitrogens with zero attached hydrogens (tertiary/aromatic N) is 1. The molecule has 0 aliphatic carbocycles. The normalized spacial score (nSPS) is 15.6. The highest BCUT2D eigenvalue weighted by Gasteiger charge is 2.17. The summed E-state index contributed by atoms with van der Waals surface area (Å²) in [6, 6.07) is 4.81. The second-order valence-electron chi connectivity index (χ2n) is 6.33. The fourth-order valence-electron chi connectivity index (χ4n) is 2.98. The van der Waals surface area contributed by atoms with Crippen molar-refractivity contribution in [1.82, 2.24) is 15.5 Å². The van der Waals surface area contributed by atoms with E-state index >= 15 is 0 Å². The molecule has 2 rings (SSSR count). The molecule has 0 saturated carbocycles. The van der Waals surface area contributed by atoms with E-state index in [1.807, 2.05) is 6.92 Å². The van der Waals surface area contributed by atoms with Gasteiger partial charge < -0.3 is 26.0 Å². The van der Waals surface area contributed by atoms with E-state index in [-0.39, 0.29) is 12.5 Å². The Kier molecular flexibility index (Phi) is 7.21. The van der Waals surface area contributed by atoms with Crippen molar-refractivity contribution < 1.29 is 14.7 Å². The Morgan fingerprint density at radius 2 is 1.96 bits per heavy atom. The highest BCUT2D eigenvalue weighted by molar-refractivity contribution is 5.99. The number of likely N-dealkylation sites (tertiary alicyclic amines) is 1. The molecule has 7 nitrogen and oxygen atoms in total. The first-order valence-corrected chi connectivity index (χ1v) is 8.84. The van der Waals surface area contributed by atoms with Crippen molar-refractivity contribution in [3.8, 4) is 0 Å². The van der Waals surface area contributed by atoms with Crippen molar-refractivity contribution in [2.75, 3.05) is 38.0 Å². The molecule has 0 bridgehead atoms. The number of aliphatic hydroxyl groups excluding tert-OH is 1. The number of carbonyl (C=O) groups is 2. The van der Waals surface area contributed by atoms with E-state index in [1.165, 1.54) is 12.8 Å². The van der Waals surface area contributed by atoms with Gasteiger partial charge in [-0.1, -0.05) is 6.07 Å². The molecule has 7 heteroatoms. The van der Waals surface area contributed by atoms with Crippen LogP contribution in [0.2, 0.25) is 0 Å². The molecule has 138 valence electrons. The third-order valence-corrected chi connectivity index (χ3v) is 4.33. The number of hydrogen-bond acceptors (Lipinski definition) is 4. The molecule has 0 unspecified atom stereocenters. The highest BCUT2D eigenvalue weighted by atomic mass is 16.3. The smallest absolute Gasteiger partial charge is 0.319 e. The zero-order chi connectivity index (χ0) is 18.2. The number of rotatable bonds is 7. The predicted molar refractivity (Wildman–Crippen MR) is 97.9 cm³/mol. The maximum Gasteiger partial charge on any atom is 0.319 e. The Bertz CT molecular complexity index is 600. The number of carbonyl (C=O) groups excluding carboxylic acids is 2. The third-order valence-electron chi connectivity index (χ3n) is 4.33. The van der Waals surface area contributed by atoms with Crippen molar-refractivity contribution >= 4 is 17.6 Å². The summed E-state index contributed by atoms with van der Waals surface area (Å²) in [7, 11) is 0. The van der Waals surface area contributed by atoms with Crippen LogP contribution in [-0.4, -0.2) is 60.8 Å². The number of nitrogens with one attached hydrogen (secondary N) is 3. The first-order chi connectivity index (χ1) is 12.0. The number of benzene rings is 1. The molecule has 3 amide bonds. The molecule has 0 spiro atoms. The molecule has 1 aliphatic heterocycles. The van der Waals surface area contributed by atoms with E-state index in [2.05, 4.69) is 20.9 Å². The lowest BCUT2D eigenvalue weighted by molar-refractivity contribution is 0.0955. The maximum atomic E-state index is 12.1. The molecule has 1 heterocycles. The topological polar surface area (TPSA) is 93.7 Å². The monoisotopic (exact) mass is 348 g/mol. The first-order valence-electron chi connectivity index (χ1n) is 8.84. The number of amides is 3. The van der Waals surface area contributed by atoms with Crippen LogP contribution >= 0.6 is 0 Å². The lowest BCUT2D eigenvalue weighted by Crippen LogP contribution is -2.40. The minimum Gasteiger partial charge on any atom is -0.390 e. The zero-order valence-electron chi connectivity index (χ0n) is 15.0. The van der Waals surface area contributed by atoms with Gasteiger partial charge in [0, 0.05) is 30.9 Å². The third kappa shape index (κ3) is 5.72. The van der Waals surface area contributed by atoms with Crippen LogP contribution < -0.4 is 16.0 Å². The summed E-state index contributed by atoms with van der Waals surface area (Å²) >= 11 is 0. The van der Waals surface area contributed by atoms with Crippen LogP contribution in [0.15, 0.2) is 18.2 Å². The van der Waals surface area contributed by atoms with Gasteiger partial charge in [-0.05, 0) is 57.5 Å².